The SMILES string of the molecule is COc1cc(Nc2ncc(F)c(-c3cc(F)c4nc(C)n(C(C)C)c4c3)n2)ccc1N1CCN(C)CC1. The van der Waals surface area contributed by atoms with Crippen LogP contribution in [0.3, 0.4) is 0 Å². The van der Waals surface area contributed by atoms with Gasteiger partial charge in [-0.1, -0.05) is 0 Å². The third kappa shape index (κ3) is 4.81. The van der Waals surface area contributed by atoms with Crippen molar-refractivity contribution in [2.45, 2.75) is 26.8 Å². The monoisotopic (exact) mass is 507 g/mol. The van der Waals surface area contributed by atoms with Crippen molar-refractivity contribution >= 4 is 28.4 Å². The van der Waals surface area contributed by atoms with Crippen LogP contribution >= 0.6 is 0 Å². The number of imidazole rings is 1. The summed E-state index contributed by atoms with van der Waals surface area (Å²) >= 11 is 0. The van der Waals surface area contributed by atoms with E-state index in [1.807, 2.05) is 43.5 Å². The molecule has 37 heavy (non-hydrogen) atoms. The highest BCUT2D eigenvalue weighted by Gasteiger charge is 2.20. The second kappa shape index (κ2) is 9.93. The summed E-state index contributed by atoms with van der Waals surface area (Å²) in [4.78, 5) is 17.4. The molecule has 10 heteroatoms. The van der Waals surface area contributed by atoms with Gasteiger partial charge in [-0.05, 0) is 52.1 Å². The fourth-order valence-electron chi connectivity index (χ4n) is 4.88. The fraction of sp³-hybridized carbons (Fsp3) is 0.370. The van der Waals surface area contributed by atoms with Gasteiger partial charge in [-0.3, -0.25) is 0 Å². The number of ether oxygens (including phenoxy) is 1. The van der Waals surface area contributed by atoms with Gasteiger partial charge in [0.15, 0.2) is 11.6 Å². The molecule has 1 fully saturated rings. The average Bonchev–Trinajstić information content (AvgIpc) is 3.22. The molecule has 1 saturated heterocycles. The number of benzene rings is 2. The van der Waals surface area contributed by atoms with Crippen molar-refractivity contribution in [1.29, 1.82) is 0 Å². The first-order valence-corrected chi connectivity index (χ1v) is 12.3. The molecule has 4 aromatic rings. The summed E-state index contributed by atoms with van der Waals surface area (Å²) in [6, 6.07) is 8.84. The predicted octanol–water partition coefficient (Wildman–Crippen LogP) is 5.16. The zero-order chi connectivity index (χ0) is 26.3. The Bertz CT molecular complexity index is 1440. The maximum Gasteiger partial charge on any atom is 0.227 e. The van der Waals surface area contributed by atoms with Crippen molar-refractivity contribution in [2.24, 2.45) is 0 Å². The van der Waals surface area contributed by atoms with Crippen LogP contribution in [-0.2, 0) is 0 Å². The Morgan fingerprint density at radius 2 is 1.76 bits per heavy atom. The summed E-state index contributed by atoms with van der Waals surface area (Å²) in [7, 11) is 3.75. The first-order valence-electron chi connectivity index (χ1n) is 12.3. The van der Waals surface area contributed by atoms with Crippen molar-refractivity contribution in [3.63, 3.8) is 0 Å². The number of hydrogen-bond acceptors (Lipinski definition) is 7. The van der Waals surface area contributed by atoms with Gasteiger partial charge in [-0.15, -0.1) is 0 Å². The highest BCUT2D eigenvalue weighted by molar-refractivity contribution is 5.83. The Hall–Kier alpha value is -3.79. The Morgan fingerprint density at radius 3 is 2.46 bits per heavy atom. The quantitative estimate of drug-likeness (QED) is 0.386. The van der Waals surface area contributed by atoms with Gasteiger partial charge in [0.2, 0.25) is 5.95 Å². The lowest BCUT2D eigenvalue weighted by molar-refractivity contribution is 0.311. The number of hydrogen-bond donors (Lipinski definition) is 1. The predicted molar refractivity (Wildman–Crippen MR) is 142 cm³/mol. The molecule has 0 spiro atoms. The Morgan fingerprint density at radius 1 is 1.00 bits per heavy atom. The van der Waals surface area contributed by atoms with Crippen molar-refractivity contribution in [1.82, 2.24) is 24.4 Å². The van der Waals surface area contributed by atoms with E-state index in [-0.39, 0.29) is 23.2 Å². The summed E-state index contributed by atoms with van der Waals surface area (Å²) in [6.45, 7) is 9.62. The van der Waals surface area contributed by atoms with Crippen LogP contribution in [0.15, 0.2) is 36.5 Å². The number of likely N-dealkylation sites (N-methyl/N-ethyl adjacent to an activating group) is 1. The molecule has 0 unspecified atom stereocenters. The number of aryl methyl sites for hydroxylation is 1. The number of nitrogens with one attached hydrogen (secondary N) is 1. The molecule has 1 aliphatic rings. The number of piperazine rings is 1. The Kier molecular flexibility index (Phi) is 6.68. The van der Waals surface area contributed by atoms with Crippen LogP contribution in [0.2, 0.25) is 0 Å². The highest BCUT2D eigenvalue weighted by atomic mass is 19.1. The van der Waals surface area contributed by atoms with E-state index in [2.05, 4.69) is 37.1 Å². The molecule has 0 saturated carbocycles. The topological polar surface area (TPSA) is 71.3 Å². The summed E-state index contributed by atoms with van der Waals surface area (Å²) in [6.07, 6.45) is 1.09. The van der Waals surface area contributed by atoms with E-state index in [0.29, 0.717) is 22.6 Å². The number of halogens is 2. The molecule has 1 N–H and O–H groups in total. The van der Waals surface area contributed by atoms with Gasteiger partial charge in [0.1, 0.15) is 22.8 Å². The number of aromatic nitrogens is 4. The van der Waals surface area contributed by atoms with Crippen molar-refractivity contribution in [3.8, 4) is 17.0 Å². The largest absolute Gasteiger partial charge is 0.495 e. The minimum Gasteiger partial charge on any atom is -0.495 e. The van der Waals surface area contributed by atoms with Crippen molar-refractivity contribution in [2.75, 3.05) is 50.6 Å². The zero-order valence-electron chi connectivity index (χ0n) is 21.7. The molecule has 194 valence electrons. The van der Waals surface area contributed by atoms with Crippen molar-refractivity contribution in [3.05, 3.63) is 54.0 Å². The van der Waals surface area contributed by atoms with E-state index in [1.165, 1.54) is 6.07 Å². The highest BCUT2D eigenvalue weighted by Crippen LogP contribution is 2.34. The van der Waals surface area contributed by atoms with E-state index in [4.69, 9.17) is 4.74 Å². The second-order valence-electron chi connectivity index (χ2n) is 9.64. The van der Waals surface area contributed by atoms with E-state index in [1.54, 1.807) is 13.2 Å². The zero-order valence-corrected chi connectivity index (χ0v) is 21.7. The minimum absolute atomic E-state index is 0.00785. The van der Waals surface area contributed by atoms with E-state index < -0.39 is 11.6 Å². The molecule has 2 aromatic carbocycles. The first kappa shape index (κ1) is 24.9. The van der Waals surface area contributed by atoms with Crippen LogP contribution in [-0.4, -0.2) is 64.8 Å². The first-order chi connectivity index (χ1) is 17.7. The van der Waals surface area contributed by atoms with Crippen LogP contribution in [0.1, 0.15) is 25.7 Å². The van der Waals surface area contributed by atoms with Gasteiger partial charge in [-0.25, -0.2) is 23.7 Å². The number of nitrogens with zero attached hydrogens (tertiary/aromatic N) is 6. The molecule has 5 rings (SSSR count). The third-order valence-electron chi connectivity index (χ3n) is 6.74. The Labute approximate surface area is 214 Å². The number of fused-ring (bicyclic) bond motifs is 1. The molecule has 0 atom stereocenters. The average molecular weight is 508 g/mol. The standard InChI is InChI=1S/C27H31F2N7O/c1-16(2)36-17(3)31-26-20(28)12-18(13-23(26)36)25-21(29)15-30-27(33-25)32-19-6-7-22(24(14-19)37-5)35-10-8-34(4)9-11-35/h6-7,12-16H,8-11H2,1-5H3,(H,30,32,33). The molecule has 1 aliphatic heterocycles. The minimum atomic E-state index is -0.639. The van der Waals surface area contributed by atoms with Crippen LogP contribution in [0, 0.1) is 18.6 Å². The van der Waals surface area contributed by atoms with Crippen LogP contribution in [0.25, 0.3) is 22.3 Å². The van der Waals surface area contributed by atoms with Gasteiger partial charge in [0.05, 0.1) is 24.5 Å². The molecule has 0 amide bonds. The summed E-state index contributed by atoms with van der Waals surface area (Å²) in [5.74, 6) is 0.452. The van der Waals surface area contributed by atoms with E-state index >= 15 is 0 Å². The molecule has 8 nitrogen and oxygen atoms in total. The smallest absolute Gasteiger partial charge is 0.227 e. The maximum absolute atomic E-state index is 15.0. The fourth-order valence-corrected chi connectivity index (χ4v) is 4.88. The molecule has 2 aromatic heterocycles. The number of methoxy groups -OCH3 is 1. The van der Waals surface area contributed by atoms with Crippen LogP contribution in [0.5, 0.6) is 5.75 Å². The molecule has 0 radical (unpaired) electrons. The van der Waals surface area contributed by atoms with Gasteiger partial charge >= 0.3 is 0 Å². The summed E-state index contributed by atoms with van der Waals surface area (Å²) in [5, 5.41) is 3.13. The molecule has 0 bridgehead atoms. The lowest BCUT2D eigenvalue weighted by Crippen LogP contribution is -2.44. The lowest BCUT2D eigenvalue weighted by atomic mass is 10.1. The van der Waals surface area contributed by atoms with Crippen LogP contribution in [0.4, 0.5) is 26.1 Å². The molecular weight excluding hydrogens is 476 g/mol. The second-order valence-corrected chi connectivity index (χ2v) is 9.64. The van der Waals surface area contributed by atoms with Gasteiger partial charge < -0.3 is 24.4 Å². The number of anilines is 3. The van der Waals surface area contributed by atoms with Gasteiger partial charge in [0.25, 0.3) is 0 Å². The maximum atomic E-state index is 15.0. The molecule has 3 heterocycles. The van der Waals surface area contributed by atoms with E-state index in [0.717, 1.165) is 43.8 Å². The molecule has 0 aliphatic carbocycles. The third-order valence-corrected chi connectivity index (χ3v) is 6.74. The van der Waals surface area contributed by atoms with E-state index in [9.17, 15) is 8.78 Å². The van der Waals surface area contributed by atoms with Gasteiger partial charge in [-0.2, -0.15) is 0 Å². The summed E-state index contributed by atoms with van der Waals surface area (Å²) in [5.41, 5.74) is 2.89. The number of rotatable bonds is 6. The Balaban J connectivity index is 1.46. The normalized spacial score (nSPS) is 14.5. The van der Waals surface area contributed by atoms with Gasteiger partial charge in [0, 0.05) is 49.5 Å². The molecular formula is C27H31F2N7O. The lowest BCUT2D eigenvalue weighted by Gasteiger charge is -2.34. The van der Waals surface area contributed by atoms with Crippen LogP contribution < -0.4 is 15.0 Å². The summed E-state index contributed by atoms with van der Waals surface area (Å²) < 4.78 is 37.4. The van der Waals surface area contributed by atoms with Crippen molar-refractivity contribution < 1.29 is 13.5 Å².